The summed E-state index contributed by atoms with van der Waals surface area (Å²) in [5, 5.41) is 0. The first kappa shape index (κ1) is 40.0. The first-order chi connectivity index (χ1) is 22.2. The zero-order valence-electron chi connectivity index (χ0n) is 30.3. The lowest BCUT2D eigenvalue weighted by Gasteiger charge is -2.30. The number of likely N-dealkylation sites (tertiary alicyclic amines) is 1. The minimum absolute atomic E-state index is 0.282. The molecule has 2 fully saturated rings. The van der Waals surface area contributed by atoms with Crippen molar-refractivity contribution in [3.63, 3.8) is 0 Å². The Labute approximate surface area is 281 Å². The van der Waals surface area contributed by atoms with E-state index < -0.39 is 0 Å². The molecule has 260 valence electrons. The second-order valence-electron chi connectivity index (χ2n) is 14.1. The van der Waals surface area contributed by atoms with Crippen molar-refractivity contribution in [3.05, 3.63) is 48.6 Å². The molecule has 0 spiro atoms. The molecule has 45 heavy (non-hydrogen) atoms. The van der Waals surface area contributed by atoms with Crippen molar-refractivity contribution >= 4 is 0 Å². The van der Waals surface area contributed by atoms with Crippen LogP contribution in [0.2, 0.25) is 0 Å². The number of allylic oxidation sites excluding steroid dienone is 8. The van der Waals surface area contributed by atoms with Gasteiger partial charge in [0.15, 0.2) is 5.79 Å². The van der Waals surface area contributed by atoms with E-state index in [4.69, 9.17) is 9.47 Å². The SMILES string of the molecule is CCCCCC=CCC=CCCCCCCCCC1(CCCCCCCCC=CCC=CCCCCC)OC2CN(C)CC2O1. The predicted octanol–water partition coefficient (Wildman–Crippen LogP) is 12.8. The van der Waals surface area contributed by atoms with Gasteiger partial charge < -0.3 is 14.4 Å². The Balaban J connectivity index is 1.50. The van der Waals surface area contributed by atoms with E-state index in [1.807, 2.05) is 0 Å². The molecule has 2 saturated heterocycles. The van der Waals surface area contributed by atoms with Gasteiger partial charge in [-0.05, 0) is 84.1 Å². The maximum atomic E-state index is 6.70. The molecule has 2 atom stereocenters. The van der Waals surface area contributed by atoms with Crippen LogP contribution in [-0.4, -0.2) is 43.0 Å². The molecule has 2 unspecified atom stereocenters. The van der Waals surface area contributed by atoms with Crippen LogP contribution in [-0.2, 0) is 9.47 Å². The Kier molecular flexibility index (Phi) is 24.8. The van der Waals surface area contributed by atoms with E-state index in [0.717, 1.165) is 38.8 Å². The van der Waals surface area contributed by atoms with Crippen LogP contribution in [0.4, 0.5) is 0 Å². The van der Waals surface area contributed by atoms with E-state index in [2.05, 4.69) is 74.4 Å². The van der Waals surface area contributed by atoms with Crippen molar-refractivity contribution in [3.8, 4) is 0 Å². The van der Waals surface area contributed by atoms with Crippen LogP contribution >= 0.6 is 0 Å². The van der Waals surface area contributed by atoms with Crippen LogP contribution in [0.1, 0.15) is 181 Å². The molecule has 0 aromatic rings. The maximum Gasteiger partial charge on any atom is 0.169 e. The van der Waals surface area contributed by atoms with Crippen LogP contribution in [0.15, 0.2) is 48.6 Å². The number of hydrogen-bond acceptors (Lipinski definition) is 3. The van der Waals surface area contributed by atoms with Crippen molar-refractivity contribution in [1.82, 2.24) is 4.90 Å². The minimum Gasteiger partial charge on any atom is -0.343 e. The molecule has 3 nitrogen and oxygen atoms in total. The highest BCUT2D eigenvalue weighted by Crippen LogP contribution is 2.40. The van der Waals surface area contributed by atoms with Gasteiger partial charge in [0.2, 0.25) is 0 Å². The molecule has 0 amide bonds. The number of unbranched alkanes of at least 4 members (excludes halogenated alkanes) is 18. The Bertz CT molecular complexity index is 720. The number of fused-ring (bicyclic) bond motifs is 1. The predicted molar refractivity (Wildman–Crippen MR) is 198 cm³/mol. The highest BCUT2D eigenvalue weighted by Gasteiger charge is 2.49. The normalized spacial score (nSPS) is 22.4. The molecule has 0 aromatic carbocycles. The largest absolute Gasteiger partial charge is 0.343 e. The van der Waals surface area contributed by atoms with Gasteiger partial charge in [-0.15, -0.1) is 0 Å². The number of ether oxygens (including phenoxy) is 2. The highest BCUT2D eigenvalue weighted by molar-refractivity contribution is 4.95. The summed E-state index contributed by atoms with van der Waals surface area (Å²) < 4.78 is 13.4. The second-order valence-corrected chi connectivity index (χ2v) is 14.1. The summed E-state index contributed by atoms with van der Waals surface area (Å²) in [7, 11) is 2.19. The average Bonchev–Trinajstić information content (AvgIpc) is 3.54. The van der Waals surface area contributed by atoms with Gasteiger partial charge in [-0.25, -0.2) is 0 Å². The molecule has 2 rings (SSSR count). The van der Waals surface area contributed by atoms with Crippen molar-refractivity contribution in [2.24, 2.45) is 0 Å². The van der Waals surface area contributed by atoms with Gasteiger partial charge in [-0.3, -0.25) is 0 Å². The average molecular weight is 626 g/mol. The second kappa shape index (κ2) is 27.9. The summed E-state index contributed by atoms with van der Waals surface area (Å²) in [4.78, 5) is 2.36. The number of hydrogen-bond donors (Lipinski definition) is 0. The molecular weight excluding hydrogens is 550 g/mol. The van der Waals surface area contributed by atoms with Gasteiger partial charge in [-0.2, -0.15) is 0 Å². The molecule has 3 heteroatoms. The summed E-state index contributed by atoms with van der Waals surface area (Å²) in [6, 6.07) is 0. The van der Waals surface area contributed by atoms with E-state index in [0.29, 0.717) is 0 Å². The molecular formula is C42H75NO2. The Hall–Kier alpha value is -1.16. The maximum absolute atomic E-state index is 6.70. The molecule has 0 aromatic heterocycles. The number of likely N-dealkylation sites (N-methyl/N-ethyl adjacent to an activating group) is 1. The molecule has 2 aliphatic rings. The first-order valence-corrected chi connectivity index (χ1v) is 19.8. The Morgan fingerprint density at radius 1 is 0.467 bits per heavy atom. The van der Waals surface area contributed by atoms with E-state index in [-0.39, 0.29) is 18.0 Å². The summed E-state index contributed by atoms with van der Waals surface area (Å²) in [6.07, 6.45) is 52.7. The monoisotopic (exact) mass is 626 g/mol. The molecule has 0 radical (unpaired) electrons. The van der Waals surface area contributed by atoms with E-state index in [1.165, 1.54) is 141 Å². The summed E-state index contributed by atoms with van der Waals surface area (Å²) >= 11 is 0. The zero-order valence-corrected chi connectivity index (χ0v) is 30.3. The van der Waals surface area contributed by atoms with Gasteiger partial charge in [-0.1, -0.05) is 140 Å². The van der Waals surface area contributed by atoms with Crippen LogP contribution in [0.5, 0.6) is 0 Å². The van der Waals surface area contributed by atoms with Crippen molar-refractivity contribution in [2.75, 3.05) is 20.1 Å². The fourth-order valence-electron chi connectivity index (χ4n) is 6.86. The lowest BCUT2D eigenvalue weighted by atomic mass is 9.98. The lowest BCUT2D eigenvalue weighted by molar-refractivity contribution is -0.193. The molecule has 0 bridgehead atoms. The van der Waals surface area contributed by atoms with Gasteiger partial charge in [0.1, 0.15) is 12.2 Å². The molecule has 2 heterocycles. The van der Waals surface area contributed by atoms with Crippen LogP contribution in [0, 0.1) is 0 Å². The molecule has 0 saturated carbocycles. The fraction of sp³-hybridized carbons (Fsp3) is 0.810. The third-order valence-corrected chi connectivity index (χ3v) is 9.65. The Morgan fingerprint density at radius 3 is 1.18 bits per heavy atom. The van der Waals surface area contributed by atoms with Crippen molar-refractivity contribution in [1.29, 1.82) is 0 Å². The third kappa shape index (κ3) is 20.6. The number of rotatable bonds is 30. The summed E-state index contributed by atoms with van der Waals surface area (Å²) in [5.41, 5.74) is 0. The summed E-state index contributed by atoms with van der Waals surface area (Å²) in [6.45, 7) is 6.59. The minimum atomic E-state index is -0.304. The molecule has 2 aliphatic heterocycles. The molecule has 0 aliphatic carbocycles. The number of nitrogens with zero attached hydrogens (tertiary/aromatic N) is 1. The van der Waals surface area contributed by atoms with E-state index >= 15 is 0 Å². The highest BCUT2D eigenvalue weighted by atomic mass is 16.8. The fourth-order valence-corrected chi connectivity index (χ4v) is 6.86. The van der Waals surface area contributed by atoms with Gasteiger partial charge in [0.25, 0.3) is 0 Å². The van der Waals surface area contributed by atoms with E-state index in [9.17, 15) is 0 Å². The standard InChI is InChI=1S/C42H75NO2/c1-4-6-8-10-12-14-16-18-20-22-24-26-28-30-32-34-36-42(44-40-38-43(3)39-41(40)45-42)37-35-33-31-29-27-25-23-21-19-17-15-13-11-9-7-5-2/h12-15,18-21,40-41H,4-11,16-17,22-39H2,1-3H3. The topological polar surface area (TPSA) is 21.7 Å². The van der Waals surface area contributed by atoms with Gasteiger partial charge in [0.05, 0.1) is 0 Å². The quantitative estimate of drug-likeness (QED) is 0.0585. The van der Waals surface area contributed by atoms with Gasteiger partial charge in [0, 0.05) is 25.9 Å². The van der Waals surface area contributed by atoms with Crippen molar-refractivity contribution in [2.45, 2.75) is 199 Å². The van der Waals surface area contributed by atoms with Gasteiger partial charge >= 0.3 is 0 Å². The van der Waals surface area contributed by atoms with Crippen LogP contribution in [0.25, 0.3) is 0 Å². The zero-order chi connectivity index (χ0) is 32.1. The Morgan fingerprint density at radius 2 is 0.800 bits per heavy atom. The molecule has 0 N–H and O–H groups in total. The summed E-state index contributed by atoms with van der Waals surface area (Å²) in [5.74, 6) is -0.304. The third-order valence-electron chi connectivity index (χ3n) is 9.65. The lowest BCUT2D eigenvalue weighted by Crippen LogP contribution is -2.34. The first-order valence-electron chi connectivity index (χ1n) is 19.8. The van der Waals surface area contributed by atoms with E-state index in [1.54, 1.807) is 0 Å². The smallest absolute Gasteiger partial charge is 0.169 e. The van der Waals surface area contributed by atoms with Crippen molar-refractivity contribution < 1.29 is 9.47 Å². The van der Waals surface area contributed by atoms with Crippen LogP contribution < -0.4 is 0 Å². The van der Waals surface area contributed by atoms with Crippen LogP contribution in [0.3, 0.4) is 0 Å².